The van der Waals surface area contributed by atoms with Crippen LogP contribution in [0.15, 0.2) is 133 Å². The van der Waals surface area contributed by atoms with Crippen LogP contribution < -0.4 is 0 Å². The molecule has 7 aromatic rings. The topological polar surface area (TPSA) is 28.8 Å². The van der Waals surface area contributed by atoms with Crippen molar-refractivity contribution in [3.05, 3.63) is 150 Å². The predicted molar refractivity (Wildman–Crippen MR) is 177 cm³/mol. The van der Waals surface area contributed by atoms with Gasteiger partial charge in [0.05, 0.1) is 11.0 Å². The van der Waals surface area contributed by atoms with E-state index in [0.717, 1.165) is 11.3 Å². The molecular formula is C40H30N2. The summed E-state index contributed by atoms with van der Waals surface area (Å²) in [6.07, 6.45) is 1.39. The molecule has 0 spiro atoms. The van der Waals surface area contributed by atoms with Gasteiger partial charge in [0.25, 0.3) is 0 Å². The molecule has 2 heteroatoms. The molecule has 0 unspecified atom stereocenters. The van der Waals surface area contributed by atoms with Gasteiger partial charge in [0, 0.05) is 28.1 Å². The molecule has 42 heavy (non-hydrogen) atoms. The minimum atomic E-state index is -0.00141. The fraction of sp³-hybridized carbons (Fsp3) is 0.0750. The number of benzene rings is 6. The van der Waals surface area contributed by atoms with Crippen molar-refractivity contribution >= 4 is 28.0 Å². The van der Waals surface area contributed by atoms with Crippen molar-refractivity contribution in [2.75, 3.05) is 0 Å². The minimum Gasteiger partial charge on any atom is -0.309 e. The highest BCUT2D eigenvalue weighted by atomic mass is 15.0. The van der Waals surface area contributed by atoms with Crippen molar-refractivity contribution in [3.63, 3.8) is 0 Å². The summed E-state index contributed by atoms with van der Waals surface area (Å²) in [6, 6.07) is 48.4. The van der Waals surface area contributed by atoms with E-state index in [9.17, 15) is 0 Å². The molecule has 1 N–H and O–H groups in total. The molecule has 0 atom stereocenters. The Balaban J connectivity index is 1.18. The standard InChI is InChI=1S/C40H30N2/c1-40(2)36-9-5-3-7-32(36)33-21-17-30(24-37(33)40)28-15-13-27(14-16-28)29-18-22-39-35(23-29)34-8-4-6-10-38(34)42(39)31-19-11-26(25-41)12-20-31/h3-25,41H,1-2H3. The molecule has 200 valence electrons. The smallest absolute Gasteiger partial charge is 0.0541 e. The largest absolute Gasteiger partial charge is 0.309 e. The van der Waals surface area contributed by atoms with Crippen molar-refractivity contribution < 1.29 is 0 Å². The second kappa shape index (κ2) is 9.15. The highest BCUT2D eigenvalue weighted by Crippen LogP contribution is 2.49. The van der Waals surface area contributed by atoms with Gasteiger partial charge in [-0.2, -0.15) is 0 Å². The van der Waals surface area contributed by atoms with Crippen LogP contribution in [0.1, 0.15) is 30.5 Å². The van der Waals surface area contributed by atoms with Gasteiger partial charge in [0.2, 0.25) is 0 Å². The first-order valence-electron chi connectivity index (χ1n) is 14.5. The second-order valence-corrected chi connectivity index (χ2v) is 11.8. The molecule has 8 rings (SSSR count). The zero-order chi connectivity index (χ0) is 28.4. The molecule has 0 aliphatic heterocycles. The zero-order valence-electron chi connectivity index (χ0n) is 23.7. The molecule has 0 saturated carbocycles. The lowest BCUT2D eigenvalue weighted by Gasteiger charge is -2.22. The Morgan fingerprint density at radius 3 is 1.88 bits per heavy atom. The molecule has 1 aromatic heterocycles. The van der Waals surface area contributed by atoms with E-state index in [4.69, 9.17) is 5.41 Å². The lowest BCUT2D eigenvalue weighted by molar-refractivity contribution is 0.660. The Hall–Kier alpha value is -5.21. The van der Waals surface area contributed by atoms with E-state index in [0.29, 0.717) is 0 Å². The van der Waals surface area contributed by atoms with E-state index in [2.05, 4.69) is 140 Å². The summed E-state index contributed by atoms with van der Waals surface area (Å²) in [6.45, 7) is 4.67. The number of nitrogens with one attached hydrogen (secondary N) is 1. The maximum absolute atomic E-state index is 7.56. The number of rotatable bonds is 4. The van der Waals surface area contributed by atoms with Crippen LogP contribution in [0.4, 0.5) is 0 Å². The fourth-order valence-corrected chi connectivity index (χ4v) is 6.89. The van der Waals surface area contributed by atoms with Crippen LogP contribution >= 0.6 is 0 Å². The van der Waals surface area contributed by atoms with Gasteiger partial charge in [0.15, 0.2) is 0 Å². The van der Waals surface area contributed by atoms with E-state index in [1.165, 1.54) is 72.5 Å². The molecular weight excluding hydrogens is 508 g/mol. The highest BCUT2D eigenvalue weighted by molar-refractivity contribution is 6.10. The normalized spacial score (nSPS) is 13.3. The molecule has 6 aromatic carbocycles. The van der Waals surface area contributed by atoms with E-state index < -0.39 is 0 Å². The lowest BCUT2D eigenvalue weighted by atomic mass is 9.81. The van der Waals surface area contributed by atoms with Crippen LogP contribution in [0.5, 0.6) is 0 Å². The molecule has 0 fully saturated rings. The Bertz CT molecular complexity index is 2160. The molecule has 0 bridgehead atoms. The van der Waals surface area contributed by atoms with E-state index >= 15 is 0 Å². The van der Waals surface area contributed by atoms with Gasteiger partial charge < -0.3 is 9.98 Å². The quantitative estimate of drug-likeness (QED) is 0.216. The molecule has 2 nitrogen and oxygen atoms in total. The first-order chi connectivity index (χ1) is 20.5. The van der Waals surface area contributed by atoms with Crippen LogP contribution in [0.25, 0.3) is 60.9 Å². The van der Waals surface area contributed by atoms with Gasteiger partial charge in [-0.05, 0) is 86.5 Å². The zero-order valence-corrected chi connectivity index (χ0v) is 23.7. The summed E-state index contributed by atoms with van der Waals surface area (Å²) in [5.74, 6) is 0. The van der Waals surface area contributed by atoms with Gasteiger partial charge in [-0.3, -0.25) is 0 Å². The minimum absolute atomic E-state index is 0.00141. The van der Waals surface area contributed by atoms with E-state index in [1.54, 1.807) is 0 Å². The summed E-state index contributed by atoms with van der Waals surface area (Å²) >= 11 is 0. The molecule has 0 amide bonds. The Morgan fingerprint density at radius 1 is 0.524 bits per heavy atom. The molecule has 1 aliphatic carbocycles. The predicted octanol–water partition coefficient (Wildman–Crippen LogP) is 10.4. The maximum Gasteiger partial charge on any atom is 0.0541 e. The average Bonchev–Trinajstić information content (AvgIpc) is 3.49. The number of para-hydroxylation sites is 1. The van der Waals surface area contributed by atoms with Crippen LogP contribution in [-0.4, -0.2) is 10.8 Å². The molecule has 0 saturated heterocycles. The van der Waals surface area contributed by atoms with Crippen molar-refractivity contribution in [2.45, 2.75) is 19.3 Å². The fourth-order valence-electron chi connectivity index (χ4n) is 6.89. The Morgan fingerprint density at radius 2 is 1.12 bits per heavy atom. The summed E-state index contributed by atoms with van der Waals surface area (Å²) in [5, 5.41) is 10.0. The van der Waals surface area contributed by atoms with Gasteiger partial charge >= 0.3 is 0 Å². The number of nitrogens with zero attached hydrogens (tertiary/aromatic N) is 1. The van der Waals surface area contributed by atoms with Gasteiger partial charge in [-0.25, -0.2) is 0 Å². The number of hydrogen-bond acceptors (Lipinski definition) is 1. The Kier molecular flexibility index (Phi) is 5.36. The lowest BCUT2D eigenvalue weighted by Crippen LogP contribution is -2.14. The summed E-state index contributed by atoms with van der Waals surface area (Å²) < 4.78 is 2.32. The van der Waals surface area contributed by atoms with Crippen molar-refractivity contribution in [1.82, 2.24) is 4.57 Å². The molecule has 1 aliphatic rings. The second-order valence-electron chi connectivity index (χ2n) is 11.8. The van der Waals surface area contributed by atoms with E-state index in [1.807, 2.05) is 12.1 Å². The van der Waals surface area contributed by atoms with Gasteiger partial charge in [-0.15, -0.1) is 0 Å². The van der Waals surface area contributed by atoms with Crippen LogP contribution in [0, 0.1) is 5.41 Å². The number of hydrogen-bond donors (Lipinski definition) is 1. The number of fused-ring (bicyclic) bond motifs is 6. The SMILES string of the molecule is CC1(C)c2ccccc2-c2ccc(-c3ccc(-c4ccc5c(c4)c4ccccc4n5-c4ccc(C=N)cc4)cc3)cc21. The third-order valence-electron chi connectivity index (χ3n) is 9.13. The van der Waals surface area contributed by atoms with Crippen molar-refractivity contribution in [3.8, 4) is 39.1 Å². The van der Waals surface area contributed by atoms with Crippen LogP contribution in [0.3, 0.4) is 0 Å². The van der Waals surface area contributed by atoms with Crippen LogP contribution in [-0.2, 0) is 5.41 Å². The maximum atomic E-state index is 7.56. The summed E-state index contributed by atoms with van der Waals surface area (Å²) in [7, 11) is 0. The number of aromatic nitrogens is 1. The monoisotopic (exact) mass is 538 g/mol. The third kappa shape index (κ3) is 3.62. The first-order valence-corrected chi connectivity index (χ1v) is 14.5. The van der Waals surface area contributed by atoms with Crippen molar-refractivity contribution in [1.29, 1.82) is 5.41 Å². The summed E-state index contributed by atoms with van der Waals surface area (Å²) in [4.78, 5) is 0. The van der Waals surface area contributed by atoms with Gasteiger partial charge in [0.1, 0.15) is 0 Å². The van der Waals surface area contributed by atoms with Gasteiger partial charge in [-0.1, -0.05) is 111 Å². The highest BCUT2D eigenvalue weighted by Gasteiger charge is 2.35. The molecule has 0 radical (unpaired) electrons. The van der Waals surface area contributed by atoms with Crippen LogP contribution in [0.2, 0.25) is 0 Å². The average molecular weight is 539 g/mol. The first kappa shape index (κ1) is 24.6. The van der Waals surface area contributed by atoms with Crippen molar-refractivity contribution in [2.24, 2.45) is 0 Å². The Labute approximate surface area is 246 Å². The third-order valence-corrected chi connectivity index (χ3v) is 9.13. The van der Waals surface area contributed by atoms with E-state index in [-0.39, 0.29) is 5.41 Å². The summed E-state index contributed by atoms with van der Waals surface area (Å²) in [5.41, 5.74) is 14.8. The molecule has 1 heterocycles.